The highest BCUT2D eigenvalue weighted by Gasteiger charge is 2.34. The molecule has 0 bridgehead atoms. The smallest absolute Gasteiger partial charge is 0.332 e. The van der Waals surface area contributed by atoms with Gasteiger partial charge < -0.3 is 19.9 Å². The van der Waals surface area contributed by atoms with Crippen molar-refractivity contribution in [3.8, 4) is 10.8 Å². The molecule has 2 aliphatic rings. The van der Waals surface area contributed by atoms with Gasteiger partial charge in [-0.05, 0) is 62.8 Å². The summed E-state index contributed by atoms with van der Waals surface area (Å²) in [7, 11) is 0. The Morgan fingerprint density at radius 1 is 1.04 bits per heavy atom. The van der Waals surface area contributed by atoms with Gasteiger partial charge in [0, 0.05) is 17.7 Å². The number of nitrogens with zero attached hydrogens (tertiary/aromatic N) is 5. The maximum absolute atomic E-state index is 15.0. The average molecular weight is 675 g/mol. The second-order valence-corrected chi connectivity index (χ2v) is 13.2. The quantitative estimate of drug-likeness (QED) is 0.227. The van der Waals surface area contributed by atoms with Crippen LogP contribution in [0.2, 0.25) is 0 Å². The number of rotatable bonds is 10. The molecule has 1 amide bonds. The van der Waals surface area contributed by atoms with E-state index >= 15 is 4.39 Å². The number of thiophene rings is 1. The van der Waals surface area contributed by atoms with Gasteiger partial charge in [0.05, 0.1) is 36.5 Å². The topological polar surface area (TPSA) is 142 Å². The predicted octanol–water partition coefficient (Wildman–Crippen LogP) is 3.95. The van der Waals surface area contributed by atoms with Crippen molar-refractivity contribution in [1.82, 2.24) is 29.4 Å². The molecule has 5 aromatic rings. The summed E-state index contributed by atoms with van der Waals surface area (Å²) in [5.74, 6) is -0.524. The Morgan fingerprint density at radius 3 is 2.50 bits per heavy atom. The molecule has 2 atom stereocenters. The number of amides is 1. The van der Waals surface area contributed by atoms with E-state index < -0.39 is 41.2 Å². The second kappa shape index (κ2) is 13.5. The highest BCUT2D eigenvalue weighted by Crippen LogP contribution is 2.37. The Morgan fingerprint density at radius 2 is 1.79 bits per heavy atom. The van der Waals surface area contributed by atoms with Crippen LogP contribution in [-0.4, -0.2) is 53.9 Å². The molecule has 7 rings (SSSR count). The van der Waals surface area contributed by atoms with Crippen LogP contribution in [0.4, 0.5) is 4.39 Å². The van der Waals surface area contributed by atoms with Gasteiger partial charge >= 0.3 is 5.69 Å². The van der Waals surface area contributed by atoms with Crippen LogP contribution in [-0.2, 0) is 22.7 Å². The van der Waals surface area contributed by atoms with E-state index in [4.69, 9.17) is 9.47 Å². The summed E-state index contributed by atoms with van der Waals surface area (Å²) in [5, 5.41) is 22.2. The van der Waals surface area contributed by atoms with E-state index in [9.17, 15) is 19.5 Å². The maximum atomic E-state index is 15.0. The zero-order chi connectivity index (χ0) is 33.4. The molecule has 3 aromatic heterocycles. The zero-order valence-corrected chi connectivity index (χ0v) is 27.1. The fourth-order valence-corrected chi connectivity index (χ4v) is 7.78. The Hall–Kier alpha value is -4.66. The lowest BCUT2D eigenvalue weighted by molar-refractivity contribution is -0.122. The molecule has 1 aliphatic heterocycles. The highest BCUT2D eigenvalue weighted by molar-refractivity contribution is 7.21. The van der Waals surface area contributed by atoms with Crippen LogP contribution in [0, 0.1) is 12.7 Å². The third-order valence-electron chi connectivity index (χ3n) is 9.05. The Kier molecular flexibility index (Phi) is 8.94. The van der Waals surface area contributed by atoms with Gasteiger partial charge in [-0.15, -0.1) is 4.80 Å². The molecule has 12 nitrogen and oxygen atoms in total. The molecule has 0 unspecified atom stereocenters. The third kappa shape index (κ3) is 6.18. The minimum absolute atomic E-state index is 0.111. The van der Waals surface area contributed by atoms with Crippen LogP contribution in [0.5, 0.6) is 5.75 Å². The molecule has 14 heteroatoms. The van der Waals surface area contributed by atoms with Crippen LogP contribution in [0.1, 0.15) is 60.9 Å². The van der Waals surface area contributed by atoms with Gasteiger partial charge in [0.25, 0.3) is 5.56 Å². The molecule has 250 valence electrons. The van der Waals surface area contributed by atoms with Crippen molar-refractivity contribution >= 4 is 27.5 Å². The van der Waals surface area contributed by atoms with Gasteiger partial charge in [0.2, 0.25) is 5.91 Å². The number of carbonyl (C=O) groups excluding carboxylic acids is 1. The number of ether oxygens (including phenoxy) is 2. The first-order valence-corrected chi connectivity index (χ1v) is 16.8. The van der Waals surface area contributed by atoms with Gasteiger partial charge in [-0.3, -0.25) is 14.2 Å². The second-order valence-electron chi connectivity index (χ2n) is 12.2. The number of fused-ring (bicyclic) bond motifs is 1. The number of hydrogen-bond acceptors (Lipinski definition) is 9. The average Bonchev–Trinajstić information content (AvgIpc) is 3.84. The summed E-state index contributed by atoms with van der Waals surface area (Å²) in [6.07, 6.45) is 3.96. The van der Waals surface area contributed by atoms with Gasteiger partial charge in [-0.25, -0.2) is 13.8 Å². The molecule has 1 saturated heterocycles. The zero-order valence-electron chi connectivity index (χ0n) is 26.3. The lowest BCUT2D eigenvalue weighted by Crippen LogP contribution is -2.44. The van der Waals surface area contributed by atoms with E-state index in [0.717, 1.165) is 10.1 Å². The summed E-state index contributed by atoms with van der Waals surface area (Å²) in [6, 6.07) is 12.8. The summed E-state index contributed by atoms with van der Waals surface area (Å²) in [4.78, 5) is 43.1. The Labute approximate surface area is 278 Å². The summed E-state index contributed by atoms with van der Waals surface area (Å²) in [6.45, 7) is 2.21. The largest absolute Gasteiger partial charge is 0.489 e. The number of hydrogen-bond donors (Lipinski definition) is 2. The van der Waals surface area contributed by atoms with Crippen LogP contribution in [0.15, 0.2) is 70.5 Å². The van der Waals surface area contributed by atoms with Gasteiger partial charge in [0.15, 0.2) is 0 Å². The molecule has 2 aromatic carbocycles. The van der Waals surface area contributed by atoms with Crippen molar-refractivity contribution in [3.63, 3.8) is 0 Å². The number of benzene rings is 2. The predicted molar refractivity (Wildman–Crippen MR) is 176 cm³/mol. The number of aryl methyl sites for hydroxylation is 1. The van der Waals surface area contributed by atoms with E-state index in [1.165, 1.54) is 45.2 Å². The molecule has 0 radical (unpaired) electrons. The molecule has 48 heavy (non-hydrogen) atoms. The van der Waals surface area contributed by atoms with E-state index in [2.05, 4.69) is 15.5 Å². The standard InChI is InChI=1S/C34H35FN6O6S/c1-20-29-31(44)40(26-13-14-36-30(26)43)34(45)39(33(29)48-32(20)41-37-15-16-38-41)18-28(47-24-10-8-23(42)9-11-24)25-17-22(35)7-12-27(25)46-19-21-5-3-2-4-6-21/h2-7,12,15-17,23-24,26,28,42H,8-11,13-14,18-19H2,1H3,(H,36,43)/t23?,24?,26-,28-/m0/s1. The first-order chi connectivity index (χ1) is 23.3. The van der Waals surface area contributed by atoms with E-state index in [0.29, 0.717) is 58.9 Å². The molecular formula is C34H35FN6O6S. The highest BCUT2D eigenvalue weighted by atomic mass is 32.1. The van der Waals surface area contributed by atoms with Crippen molar-refractivity contribution in [3.05, 3.63) is 104 Å². The molecular weight excluding hydrogens is 639 g/mol. The first-order valence-electron chi connectivity index (χ1n) is 16.0. The monoisotopic (exact) mass is 674 g/mol. The van der Waals surface area contributed by atoms with E-state index in [1.807, 2.05) is 30.3 Å². The van der Waals surface area contributed by atoms with Crippen molar-refractivity contribution in [1.29, 1.82) is 0 Å². The number of aliphatic hydroxyl groups excluding tert-OH is 1. The van der Waals surface area contributed by atoms with Crippen LogP contribution in [0.3, 0.4) is 0 Å². The number of carbonyl (C=O) groups is 1. The number of nitrogens with one attached hydrogen (secondary N) is 1. The van der Waals surface area contributed by atoms with E-state index in [1.54, 1.807) is 13.0 Å². The minimum Gasteiger partial charge on any atom is -0.489 e. The van der Waals surface area contributed by atoms with Crippen molar-refractivity contribution in [2.45, 2.75) is 76.5 Å². The summed E-state index contributed by atoms with van der Waals surface area (Å²) < 4.78 is 30.4. The van der Waals surface area contributed by atoms with Crippen molar-refractivity contribution < 1.29 is 23.8 Å². The SMILES string of the molecule is Cc1c(-n2nccn2)sc2c1c(=O)n([C@H]1CCNC1=O)c(=O)n2C[C@H](OC1CCC(O)CC1)c1cc(F)ccc1OCc1ccccc1. The fourth-order valence-electron chi connectivity index (χ4n) is 6.56. The van der Waals surface area contributed by atoms with Crippen molar-refractivity contribution in [2.75, 3.05) is 6.54 Å². The van der Waals surface area contributed by atoms with E-state index in [-0.39, 0.29) is 31.1 Å². The molecule has 2 fully saturated rings. The van der Waals surface area contributed by atoms with Gasteiger partial charge in [-0.2, -0.15) is 10.2 Å². The number of aromatic nitrogens is 5. The van der Waals surface area contributed by atoms with Crippen molar-refractivity contribution in [2.24, 2.45) is 0 Å². The molecule has 4 heterocycles. The van der Waals surface area contributed by atoms with Gasteiger partial charge in [-0.1, -0.05) is 41.7 Å². The molecule has 2 N–H and O–H groups in total. The fraction of sp³-hybridized carbons (Fsp3) is 0.382. The van der Waals surface area contributed by atoms with Crippen LogP contribution >= 0.6 is 11.3 Å². The molecule has 1 saturated carbocycles. The van der Waals surface area contributed by atoms with Crippen LogP contribution < -0.4 is 21.3 Å². The Balaban J connectivity index is 1.38. The van der Waals surface area contributed by atoms with Gasteiger partial charge in [0.1, 0.15) is 40.2 Å². The number of halogens is 1. The maximum Gasteiger partial charge on any atom is 0.332 e. The molecule has 1 aliphatic carbocycles. The normalized spacial score (nSPS) is 20.2. The first kappa shape index (κ1) is 31.9. The third-order valence-corrected chi connectivity index (χ3v) is 10.3. The minimum atomic E-state index is -0.982. The summed E-state index contributed by atoms with van der Waals surface area (Å²) in [5.41, 5.74) is 0.632. The summed E-state index contributed by atoms with van der Waals surface area (Å²) >= 11 is 1.18. The lowest BCUT2D eigenvalue weighted by atomic mass is 9.94. The molecule has 0 spiro atoms. The number of aliphatic hydroxyl groups is 1. The Bertz CT molecular complexity index is 2050. The van der Waals surface area contributed by atoms with Crippen LogP contribution in [0.25, 0.3) is 15.2 Å². The lowest BCUT2D eigenvalue weighted by Gasteiger charge is -2.31.